The number of imidazole rings is 2. The molecule has 2 aromatic rings. The van der Waals surface area contributed by atoms with Gasteiger partial charge < -0.3 is 19.8 Å². The average molecular weight is 304 g/mol. The molecule has 0 aliphatic carbocycles. The number of amides is 2. The third kappa shape index (κ3) is 3.94. The minimum absolute atomic E-state index is 0.277. The highest BCUT2D eigenvalue weighted by molar-refractivity contribution is 5.93. The van der Waals surface area contributed by atoms with Crippen LogP contribution in [0.4, 0.5) is 0 Å². The molecule has 0 aliphatic rings. The van der Waals surface area contributed by atoms with Gasteiger partial charge in [-0.15, -0.1) is 0 Å². The van der Waals surface area contributed by atoms with E-state index < -0.39 is 5.54 Å². The van der Waals surface area contributed by atoms with Gasteiger partial charge in [-0.3, -0.25) is 9.59 Å². The molecule has 2 N–H and O–H groups in total. The number of hydrogen-bond acceptors (Lipinski definition) is 4. The van der Waals surface area contributed by atoms with Crippen LogP contribution in [0.1, 0.15) is 34.8 Å². The fraction of sp³-hybridized carbons (Fsp3) is 0.429. The maximum Gasteiger partial charge on any atom is 0.271 e. The van der Waals surface area contributed by atoms with E-state index in [0.29, 0.717) is 11.4 Å². The zero-order chi connectivity index (χ0) is 16.3. The highest BCUT2D eigenvalue weighted by Crippen LogP contribution is 2.04. The highest BCUT2D eigenvalue weighted by atomic mass is 16.2. The summed E-state index contributed by atoms with van der Waals surface area (Å²) < 4.78 is 3.40. The standard InChI is InChI=1S/C14H20N6O2/c1-14(2,18-13(22)11-6-20(4)9-17-11)7-15-12(21)10-5-19(3)8-16-10/h5-6,8-9H,7H2,1-4H3,(H,15,21)(H,18,22). The molecule has 0 saturated carbocycles. The molecule has 2 amide bonds. The van der Waals surface area contributed by atoms with Gasteiger partial charge in [-0.25, -0.2) is 9.97 Å². The summed E-state index contributed by atoms with van der Waals surface area (Å²) in [5.74, 6) is -0.557. The second-order valence-corrected chi connectivity index (χ2v) is 5.87. The lowest BCUT2D eigenvalue weighted by Gasteiger charge is -2.26. The number of nitrogens with zero attached hydrogens (tertiary/aromatic N) is 4. The van der Waals surface area contributed by atoms with E-state index in [0.717, 1.165) is 0 Å². The van der Waals surface area contributed by atoms with Crippen molar-refractivity contribution in [1.29, 1.82) is 0 Å². The fourth-order valence-corrected chi connectivity index (χ4v) is 1.87. The molecule has 0 saturated heterocycles. The third-order valence-corrected chi connectivity index (χ3v) is 3.02. The van der Waals surface area contributed by atoms with Crippen LogP contribution < -0.4 is 10.6 Å². The predicted molar refractivity (Wildman–Crippen MR) is 80.3 cm³/mol. The number of carbonyl (C=O) groups excluding carboxylic acids is 2. The number of nitrogens with one attached hydrogen (secondary N) is 2. The first-order valence-electron chi connectivity index (χ1n) is 6.83. The van der Waals surface area contributed by atoms with Crippen LogP contribution >= 0.6 is 0 Å². The molecule has 2 heterocycles. The molecular formula is C14H20N6O2. The van der Waals surface area contributed by atoms with Gasteiger partial charge in [0.15, 0.2) is 0 Å². The van der Waals surface area contributed by atoms with Crippen molar-refractivity contribution < 1.29 is 9.59 Å². The van der Waals surface area contributed by atoms with Gasteiger partial charge in [-0.1, -0.05) is 0 Å². The zero-order valence-corrected chi connectivity index (χ0v) is 13.1. The van der Waals surface area contributed by atoms with Crippen molar-refractivity contribution in [2.75, 3.05) is 6.54 Å². The Kier molecular flexibility index (Phi) is 4.30. The number of aryl methyl sites for hydroxylation is 2. The summed E-state index contributed by atoms with van der Waals surface area (Å²) in [6.45, 7) is 3.93. The van der Waals surface area contributed by atoms with Crippen molar-refractivity contribution in [2.45, 2.75) is 19.4 Å². The van der Waals surface area contributed by atoms with Crippen LogP contribution in [0.2, 0.25) is 0 Å². The predicted octanol–water partition coefficient (Wildman–Crippen LogP) is 0.0920. The summed E-state index contributed by atoms with van der Waals surface area (Å²) in [6, 6.07) is 0. The van der Waals surface area contributed by atoms with Crippen molar-refractivity contribution in [2.24, 2.45) is 14.1 Å². The molecule has 2 aromatic heterocycles. The van der Waals surface area contributed by atoms with Crippen LogP contribution in [0.3, 0.4) is 0 Å². The Balaban J connectivity index is 1.90. The molecular weight excluding hydrogens is 284 g/mol. The quantitative estimate of drug-likeness (QED) is 0.818. The number of hydrogen-bond donors (Lipinski definition) is 2. The van der Waals surface area contributed by atoms with E-state index in [1.807, 2.05) is 13.8 Å². The first-order valence-corrected chi connectivity index (χ1v) is 6.83. The molecule has 0 aliphatic heterocycles. The minimum Gasteiger partial charge on any atom is -0.348 e. The van der Waals surface area contributed by atoms with Gasteiger partial charge in [0.25, 0.3) is 11.8 Å². The van der Waals surface area contributed by atoms with Crippen LogP contribution in [0, 0.1) is 0 Å². The Morgan fingerprint density at radius 3 is 2.00 bits per heavy atom. The Hall–Kier alpha value is -2.64. The fourth-order valence-electron chi connectivity index (χ4n) is 1.87. The lowest BCUT2D eigenvalue weighted by Crippen LogP contribution is -2.51. The van der Waals surface area contributed by atoms with Crippen LogP contribution in [-0.4, -0.2) is 43.0 Å². The number of carbonyl (C=O) groups is 2. The Labute approximate surface area is 128 Å². The van der Waals surface area contributed by atoms with E-state index in [1.54, 1.807) is 48.3 Å². The first kappa shape index (κ1) is 15.7. The summed E-state index contributed by atoms with van der Waals surface area (Å²) in [6.07, 6.45) is 6.39. The van der Waals surface area contributed by atoms with Crippen molar-refractivity contribution >= 4 is 11.8 Å². The van der Waals surface area contributed by atoms with E-state index in [9.17, 15) is 9.59 Å². The smallest absolute Gasteiger partial charge is 0.271 e. The van der Waals surface area contributed by atoms with Gasteiger partial charge in [0, 0.05) is 33.0 Å². The van der Waals surface area contributed by atoms with Crippen molar-refractivity contribution in [3.8, 4) is 0 Å². The van der Waals surface area contributed by atoms with Gasteiger partial charge in [0.1, 0.15) is 11.4 Å². The summed E-state index contributed by atoms with van der Waals surface area (Å²) in [7, 11) is 3.59. The lowest BCUT2D eigenvalue weighted by atomic mass is 10.1. The van der Waals surface area contributed by atoms with E-state index in [1.165, 1.54) is 0 Å². The molecule has 0 bridgehead atoms. The monoisotopic (exact) mass is 304 g/mol. The number of aromatic nitrogens is 4. The topological polar surface area (TPSA) is 93.8 Å². The molecule has 0 atom stereocenters. The molecule has 2 rings (SSSR count). The molecule has 8 nitrogen and oxygen atoms in total. The molecule has 118 valence electrons. The van der Waals surface area contributed by atoms with E-state index >= 15 is 0 Å². The van der Waals surface area contributed by atoms with E-state index in [4.69, 9.17) is 0 Å². The van der Waals surface area contributed by atoms with Crippen molar-refractivity contribution in [3.63, 3.8) is 0 Å². The Morgan fingerprint density at radius 1 is 1.05 bits per heavy atom. The van der Waals surface area contributed by atoms with E-state index in [2.05, 4.69) is 20.6 Å². The second kappa shape index (κ2) is 6.00. The summed E-state index contributed by atoms with van der Waals surface area (Å²) >= 11 is 0. The van der Waals surface area contributed by atoms with Crippen molar-refractivity contribution in [1.82, 2.24) is 29.7 Å². The lowest BCUT2D eigenvalue weighted by molar-refractivity contribution is 0.0877. The maximum absolute atomic E-state index is 12.1. The molecule has 8 heteroatoms. The summed E-state index contributed by atoms with van der Waals surface area (Å²) in [4.78, 5) is 32.0. The second-order valence-electron chi connectivity index (χ2n) is 5.87. The molecule has 0 aromatic carbocycles. The SMILES string of the molecule is Cn1cnc(C(=O)NCC(C)(C)NC(=O)c2cn(C)cn2)c1. The van der Waals surface area contributed by atoms with Crippen molar-refractivity contribution in [3.05, 3.63) is 36.4 Å². The highest BCUT2D eigenvalue weighted by Gasteiger charge is 2.23. The Morgan fingerprint density at radius 2 is 1.55 bits per heavy atom. The molecule has 22 heavy (non-hydrogen) atoms. The van der Waals surface area contributed by atoms with Gasteiger partial charge in [0.2, 0.25) is 0 Å². The first-order chi connectivity index (χ1) is 10.3. The summed E-state index contributed by atoms with van der Waals surface area (Å²) in [5, 5.41) is 5.60. The molecule has 0 spiro atoms. The summed E-state index contributed by atoms with van der Waals surface area (Å²) in [5.41, 5.74) is 0.0694. The van der Waals surface area contributed by atoms with Gasteiger partial charge >= 0.3 is 0 Å². The van der Waals surface area contributed by atoms with Gasteiger partial charge in [-0.2, -0.15) is 0 Å². The minimum atomic E-state index is -0.612. The zero-order valence-electron chi connectivity index (χ0n) is 13.1. The average Bonchev–Trinajstić information content (AvgIpc) is 3.04. The van der Waals surface area contributed by atoms with Crippen LogP contribution in [-0.2, 0) is 14.1 Å². The molecule has 0 unspecified atom stereocenters. The normalized spacial score (nSPS) is 11.3. The number of rotatable bonds is 5. The van der Waals surface area contributed by atoms with Crippen LogP contribution in [0.25, 0.3) is 0 Å². The van der Waals surface area contributed by atoms with E-state index in [-0.39, 0.29) is 18.4 Å². The molecule has 0 radical (unpaired) electrons. The Bertz CT molecular complexity index is 685. The van der Waals surface area contributed by atoms with Gasteiger partial charge in [0.05, 0.1) is 18.2 Å². The largest absolute Gasteiger partial charge is 0.348 e. The molecule has 0 fully saturated rings. The van der Waals surface area contributed by atoms with Gasteiger partial charge in [-0.05, 0) is 13.8 Å². The van der Waals surface area contributed by atoms with Crippen LogP contribution in [0.5, 0.6) is 0 Å². The third-order valence-electron chi connectivity index (χ3n) is 3.02. The maximum atomic E-state index is 12.1. The van der Waals surface area contributed by atoms with Crippen LogP contribution in [0.15, 0.2) is 25.0 Å².